The summed E-state index contributed by atoms with van der Waals surface area (Å²) in [5.74, 6) is 2.03. The van der Waals surface area contributed by atoms with Gasteiger partial charge in [0.15, 0.2) is 0 Å². The summed E-state index contributed by atoms with van der Waals surface area (Å²) in [6, 6.07) is -0.129. The van der Waals surface area contributed by atoms with E-state index in [2.05, 4.69) is 16.9 Å². The summed E-state index contributed by atoms with van der Waals surface area (Å²) in [7, 11) is 3.12. The Bertz CT molecular complexity index is 393. The lowest BCUT2D eigenvalue weighted by atomic mass is 9.95. The number of nitrogens with zero attached hydrogens (tertiary/aromatic N) is 2. The van der Waals surface area contributed by atoms with Crippen LogP contribution in [-0.4, -0.2) is 24.2 Å². The van der Waals surface area contributed by atoms with Gasteiger partial charge < -0.3 is 15.2 Å². The van der Waals surface area contributed by atoms with Crippen molar-refractivity contribution in [3.8, 4) is 11.8 Å². The molecule has 0 aliphatic heterocycles. The quantitative estimate of drug-likeness (QED) is 0.841. The first-order valence-electron chi connectivity index (χ1n) is 5.87. The van der Waals surface area contributed by atoms with Crippen LogP contribution in [0, 0.1) is 11.8 Å². The fraction of sp³-hybridized carbons (Fsp3) is 0.667. The predicted octanol–water partition coefficient (Wildman–Crippen LogP) is 1.54. The molecule has 5 heteroatoms. The molecule has 94 valence electrons. The summed E-state index contributed by atoms with van der Waals surface area (Å²) < 4.78 is 10.2. The molecule has 5 nitrogen and oxygen atoms in total. The average Bonchev–Trinajstić information content (AvgIpc) is 3.20. The Balaban J connectivity index is 2.23. The van der Waals surface area contributed by atoms with E-state index in [1.165, 1.54) is 12.8 Å². The summed E-state index contributed by atoms with van der Waals surface area (Å²) in [5, 5.41) is 0. The number of aromatic nitrogens is 2. The summed E-state index contributed by atoms with van der Waals surface area (Å²) in [5.41, 5.74) is 6.94. The largest absolute Gasteiger partial charge is 0.480 e. The third kappa shape index (κ3) is 2.49. The first kappa shape index (κ1) is 12.1. The molecule has 1 aliphatic rings. The van der Waals surface area contributed by atoms with Crippen LogP contribution in [0.3, 0.4) is 0 Å². The van der Waals surface area contributed by atoms with Crippen LogP contribution in [0.25, 0.3) is 0 Å². The molecule has 0 aromatic carbocycles. The van der Waals surface area contributed by atoms with Crippen molar-refractivity contribution in [2.24, 2.45) is 17.6 Å². The van der Waals surface area contributed by atoms with E-state index in [1.54, 1.807) is 20.4 Å². The van der Waals surface area contributed by atoms with Crippen molar-refractivity contribution in [2.75, 3.05) is 14.2 Å². The molecule has 1 aromatic heterocycles. The zero-order valence-corrected chi connectivity index (χ0v) is 10.5. The first-order valence-corrected chi connectivity index (χ1v) is 5.87. The van der Waals surface area contributed by atoms with Crippen molar-refractivity contribution < 1.29 is 9.47 Å². The van der Waals surface area contributed by atoms with E-state index in [4.69, 9.17) is 15.2 Å². The molecule has 2 atom stereocenters. The third-order valence-electron chi connectivity index (χ3n) is 3.40. The maximum Gasteiger partial charge on any atom is 0.240 e. The van der Waals surface area contributed by atoms with Crippen LogP contribution in [0.4, 0.5) is 0 Å². The van der Waals surface area contributed by atoms with E-state index in [0.717, 1.165) is 5.92 Å². The van der Waals surface area contributed by atoms with Gasteiger partial charge in [-0.25, -0.2) is 4.98 Å². The highest BCUT2D eigenvalue weighted by molar-refractivity contribution is 5.26. The minimum Gasteiger partial charge on any atom is -0.480 e. The number of hydrogen-bond donors (Lipinski definition) is 1. The lowest BCUT2D eigenvalue weighted by Gasteiger charge is -2.20. The molecule has 1 aromatic rings. The highest BCUT2D eigenvalue weighted by Gasteiger charge is 2.34. The van der Waals surface area contributed by atoms with Gasteiger partial charge in [-0.15, -0.1) is 0 Å². The summed E-state index contributed by atoms with van der Waals surface area (Å²) in [6.07, 6.45) is 4.11. The maximum absolute atomic E-state index is 6.22. The van der Waals surface area contributed by atoms with E-state index in [9.17, 15) is 0 Å². The standard InChI is InChI=1S/C12H19N3O2/c1-7(8-4-5-8)10(13)11-12(17-3)15-9(16-2)6-14-11/h6-8,10H,4-5,13H2,1-3H3. The summed E-state index contributed by atoms with van der Waals surface area (Å²) in [6.45, 7) is 2.16. The third-order valence-corrected chi connectivity index (χ3v) is 3.40. The van der Waals surface area contributed by atoms with E-state index in [0.29, 0.717) is 23.4 Å². The van der Waals surface area contributed by atoms with Crippen LogP contribution in [0.15, 0.2) is 6.20 Å². The molecule has 0 amide bonds. The normalized spacial score (nSPS) is 18.6. The molecule has 1 aliphatic carbocycles. The van der Waals surface area contributed by atoms with Crippen LogP contribution in [0.2, 0.25) is 0 Å². The smallest absolute Gasteiger partial charge is 0.240 e. The number of methoxy groups -OCH3 is 2. The van der Waals surface area contributed by atoms with Gasteiger partial charge in [-0.1, -0.05) is 6.92 Å². The second-order valence-electron chi connectivity index (χ2n) is 4.53. The van der Waals surface area contributed by atoms with Crippen molar-refractivity contribution in [2.45, 2.75) is 25.8 Å². The van der Waals surface area contributed by atoms with Crippen molar-refractivity contribution in [1.29, 1.82) is 0 Å². The summed E-state index contributed by atoms with van der Waals surface area (Å²) >= 11 is 0. The Morgan fingerprint density at radius 1 is 1.35 bits per heavy atom. The molecule has 1 heterocycles. The maximum atomic E-state index is 6.22. The second-order valence-corrected chi connectivity index (χ2v) is 4.53. The molecule has 2 rings (SSSR count). The number of nitrogens with two attached hydrogens (primary N) is 1. The molecule has 0 spiro atoms. The fourth-order valence-electron chi connectivity index (χ4n) is 2.01. The Hall–Kier alpha value is -1.36. The number of hydrogen-bond acceptors (Lipinski definition) is 5. The molecule has 2 unspecified atom stereocenters. The minimum absolute atomic E-state index is 0.129. The van der Waals surface area contributed by atoms with Crippen molar-refractivity contribution in [3.05, 3.63) is 11.9 Å². The van der Waals surface area contributed by atoms with Gasteiger partial charge in [0.25, 0.3) is 0 Å². The summed E-state index contributed by atoms with van der Waals surface area (Å²) in [4.78, 5) is 8.52. The van der Waals surface area contributed by atoms with Gasteiger partial charge in [0.05, 0.1) is 26.5 Å². The number of rotatable bonds is 5. The van der Waals surface area contributed by atoms with Crippen LogP contribution >= 0.6 is 0 Å². The van der Waals surface area contributed by atoms with Gasteiger partial charge in [-0.05, 0) is 24.7 Å². The van der Waals surface area contributed by atoms with Gasteiger partial charge in [0.2, 0.25) is 11.8 Å². The monoisotopic (exact) mass is 237 g/mol. The molecule has 0 saturated heterocycles. The topological polar surface area (TPSA) is 70.3 Å². The zero-order chi connectivity index (χ0) is 12.4. The second kappa shape index (κ2) is 4.87. The Morgan fingerprint density at radius 2 is 2.06 bits per heavy atom. The zero-order valence-electron chi connectivity index (χ0n) is 10.5. The van der Waals surface area contributed by atoms with Crippen molar-refractivity contribution in [3.63, 3.8) is 0 Å². The fourth-order valence-corrected chi connectivity index (χ4v) is 2.01. The lowest BCUT2D eigenvalue weighted by molar-refractivity contribution is 0.338. The molecule has 1 saturated carbocycles. The van der Waals surface area contributed by atoms with Crippen LogP contribution in [-0.2, 0) is 0 Å². The Kier molecular flexibility index (Phi) is 3.47. The van der Waals surface area contributed by atoms with E-state index >= 15 is 0 Å². The minimum atomic E-state index is -0.129. The molecule has 2 N–H and O–H groups in total. The molecule has 17 heavy (non-hydrogen) atoms. The predicted molar refractivity (Wildman–Crippen MR) is 64.0 cm³/mol. The van der Waals surface area contributed by atoms with Crippen LogP contribution < -0.4 is 15.2 Å². The highest BCUT2D eigenvalue weighted by atomic mass is 16.5. The lowest BCUT2D eigenvalue weighted by Crippen LogP contribution is -2.23. The van der Waals surface area contributed by atoms with Gasteiger partial charge in [0, 0.05) is 0 Å². The van der Waals surface area contributed by atoms with Crippen LogP contribution in [0.5, 0.6) is 11.8 Å². The average molecular weight is 237 g/mol. The SMILES string of the molecule is COc1cnc(C(N)C(C)C2CC2)c(OC)n1. The van der Waals surface area contributed by atoms with Crippen molar-refractivity contribution >= 4 is 0 Å². The molecule has 0 radical (unpaired) electrons. The van der Waals surface area contributed by atoms with E-state index in [1.807, 2.05) is 0 Å². The first-order chi connectivity index (χ1) is 8.17. The Morgan fingerprint density at radius 3 is 2.59 bits per heavy atom. The van der Waals surface area contributed by atoms with Crippen molar-refractivity contribution in [1.82, 2.24) is 9.97 Å². The van der Waals surface area contributed by atoms with Gasteiger partial charge in [-0.3, -0.25) is 0 Å². The Labute approximate surface area is 101 Å². The molecular weight excluding hydrogens is 218 g/mol. The van der Waals surface area contributed by atoms with E-state index < -0.39 is 0 Å². The molecular formula is C12H19N3O2. The molecule has 0 bridgehead atoms. The highest BCUT2D eigenvalue weighted by Crippen LogP contribution is 2.42. The van der Waals surface area contributed by atoms with Gasteiger partial charge in [-0.2, -0.15) is 4.98 Å². The van der Waals surface area contributed by atoms with Gasteiger partial charge >= 0.3 is 0 Å². The van der Waals surface area contributed by atoms with E-state index in [-0.39, 0.29) is 6.04 Å². The molecule has 1 fully saturated rings. The van der Waals surface area contributed by atoms with Gasteiger partial charge in [0.1, 0.15) is 5.69 Å². The number of ether oxygens (including phenoxy) is 2. The van der Waals surface area contributed by atoms with Crippen LogP contribution in [0.1, 0.15) is 31.5 Å².